The van der Waals surface area contributed by atoms with Crippen LogP contribution in [-0.2, 0) is 6.42 Å². The van der Waals surface area contributed by atoms with Gasteiger partial charge in [-0.25, -0.2) is 0 Å². The number of hydrogen-bond acceptors (Lipinski definition) is 1. The Morgan fingerprint density at radius 2 is 1.47 bits per heavy atom. The van der Waals surface area contributed by atoms with Crippen LogP contribution in [0.5, 0.6) is 5.75 Å². The first-order chi connectivity index (χ1) is 7.84. The van der Waals surface area contributed by atoms with E-state index in [0.717, 1.165) is 18.4 Å². The van der Waals surface area contributed by atoms with Crippen LogP contribution in [0.25, 0.3) is 0 Å². The molecule has 0 aliphatic rings. The average Bonchev–Trinajstić information content (AvgIpc) is 2.30. The third kappa shape index (κ3) is 7.53. The van der Waals surface area contributed by atoms with Crippen LogP contribution in [-0.4, -0.2) is 0 Å². The summed E-state index contributed by atoms with van der Waals surface area (Å²) in [6.45, 7) is 2.24. The van der Waals surface area contributed by atoms with Crippen LogP contribution in [0.15, 0.2) is 24.3 Å². The Balaban J connectivity index is 0.00000256. The predicted molar refractivity (Wildman–Crippen MR) is 67.6 cm³/mol. The summed E-state index contributed by atoms with van der Waals surface area (Å²) in [5.74, 6) is 0.202. The number of unbranched alkanes of at least 4 members (excludes halogenated alkanes) is 6. The van der Waals surface area contributed by atoms with Crippen LogP contribution in [0.4, 0.5) is 0 Å². The Labute approximate surface area is 118 Å². The van der Waals surface area contributed by atoms with Gasteiger partial charge in [0, 0.05) is 0 Å². The Hall–Kier alpha value is -0.383. The van der Waals surface area contributed by atoms with Crippen molar-refractivity contribution in [3.8, 4) is 5.75 Å². The zero-order chi connectivity index (χ0) is 11.6. The molecule has 1 nitrogen and oxygen atoms in total. The van der Waals surface area contributed by atoms with E-state index in [9.17, 15) is 5.11 Å². The van der Waals surface area contributed by atoms with Gasteiger partial charge in [0.2, 0.25) is 0 Å². The summed E-state index contributed by atoms with van der Waals surface area (Å²) in [6, 6.07) is 7.39. The molecule has 0 spiro atoms. The van der Waals surface area contributed by atoms with Gasteiger partial charge in [0.1, 0.15) is 0 Å². The van der Waals surface area contributed by atoms with E-state index in [-0.39, 0.29) is 24.6 Å². The molecule has 17 heavy (non-hydrogen) atoms. The third-order valence-corrected chi connectivity index (χ3v) is 3.02. The molecule has 0 fully saturated rings. The van der Waals surface area contributed by atoms with Gasteiger partial charge in [-0.15, -0.1) is 5.75 Å². The van der Waals surface area contributed by atoms with Crippen molar-refractivity contribution in [3.05, 3.63) is 29.8 Å². The number of benzene rings is 1. The van der Waals surface area contributed by atoms with Crippen LogP contribution in [0.2, 0.25) is 0 Å². The summed E-state index contributed by atoms with van der Waals surface area (Å²) in [5, 5.41) is 11.4. The van der Waals surface area contributed by atoms with Crippen LogP contribution in [0.3, 0.4) is 0 Å². The van der Waals surface area contributed by atoms with Gasteiger partial charge in [-0.05, 0) is 12.8 Å². The van der Waals surface area contributed by atoms with E-state index in [4.69, 9.17) is 0 Å². The van der Waals surface area contributed by atoms with Gasteiger partial charge >= 0.3 is 18.9 Å². The minimum absolute atomic E-state index is 0. The first-order valence-corrected chi connectivity index (χ1v) is 6.59. The molecule has 0 amide bonds. The van der Waals surface area contributed by atoms with Gasteiger partial charge in [0.05, 0.1) is 0 Å². The molecule has 1 aromatic carbocycles. The van der Waals surface area contributed by atoms with Crippen molar-refractivity contribution in [2.24, 2.45) is 0 Å². The summed E-state index contributed by atoms with van der Waals surface area (Å²) >= 11 is 0. The van der Waals surface area contributed by atoms with Gasteiger partial charge in [0.15, 0.2) is 0 Å². The summed E-state index contributed by atoms with van der Waals surface area (Å²) in [6.07, 6.45) is 10.1. The fraction of sp³-hybridized carbons (Fsp3) is 0.600. The van der Waals surface area contributed by atoms with Crippen LogP contribution in [0.1, 0.15) is 57.4 Å². The minimum atomic E-state index is 0. The monoisotopic (exact) mass is 226 g/mol. The van der Waals surface area contributed by atoms with Crippen molar-refractivity contribution >= 4 is 0 Å². The van der Waals surface area contributed by atoms with Crippen molar-refractivity contribution in [1.82, 2.24) is 0 Å². The van der Waals surface area contributed by atoms with Gasteiger partial charge in [0.25, 0.3) is 0 Å². The number of hydrogen-bond donors (Lipinski definition) is 0. The Morgan fingerprint density at radius 3 is 2.12 bits per heavy atom. The van der Waals surface area contributed by atoms with Crippen molar-refractivity contribution < 1.29 is 24.0 Å². The normalized spacial score (nSPS) is 9.94. The molecule has 90 valence electrons. The molecule has 2 heteroatoms. The molecule has 0 atom stereocenters. The van der Waals surface area contributed by atoms with Crippen LogP contribution in [0, 0.1) is 0 Å². The first kappa shape index (κ1) is 16.6. The van der Waals surface area contributed by atoms with E-state index < -0.39 is 0 Å². The molecule has 0 unspecified atom stereocenters. The minimum Gasteiger partial charge on any atom is -0.872 e. The molecule has 0 saturated heterocycles. The molecule has 0 heterocycles. The zero-order valence-electron chi connectivity index (χ0n) is 11.4. The molecular weight excluding hydrogens is 203 g/mol. The molecule has 0 aliphatic heterocycles. The van der Waals surface area contributed by atoms with E-state index in [1.165, 1.54) is 38.5 Å². The zero-order valence-corrected chi connectivity index (χ0v) is 11.4. The maximum Gasteiger partial charge on any atom is 1.00 e. The molecule has 0 saturated carbocycles. The first-order valence-electron chi connectivity index (χ1n) is 6.59. The van der Waals surface area contributed by atoms with E-state index in [2.05, 4.69) is 6.92 Å². The van der Waals surface area contributed by atoms with Gasteiger partial charge in [-0.2, -0.15) is 0 Å². The second-order valence-electron chi connectivity index (χ2n) is 4.48. The average molecular weight is 226 g/mol. The fourth-order valence-corrected chi connectivity index (χ4v) is 1.98. The standard InChI is InChI=1S/C15H24O.Li/c1-2-3-4-5-6-7-8-11-14-12-9-10-13-15(14)16;/h9-10,12-13,16H,2-8,11H2,1H3;/q;+1/p-1. The van der Waals surface area contributed by atoms with E-state index >= 15 is 0 Å². The molecule has 0 aromatic heterocycles. The number of para-hydroxylation sites is 1. The molecule has 1 rings (SSSR count). The Morgan fingerprint density at radius 1 is 0.882 bits per heavy atom. The summed E-state index contributed by atoms with van der Waals surface area (Å²) in [5.41, 5.74) is 0.982. The second-order valence-corrected chi connectivity index (χ2v) is 4.48. The maximum absolute atomic E-state index is 11.4. The molecule has 1 aromatic rings. The molecule has 0 bridgehead atoms. The third-order valence-electron chi connectivity index (χ3n) is 3.02. The maximum atomic E-state index is 11.4. The van der Waals surface area contributed by atoms with Crippen molar-refractivity contribution in [1.29, 1.82) is 0 Å². The Bertz CT molecular complexity index is 286. The largest absolute Gasteiger partial charge is 1.00 e. The molecule has 0 N–H and O–H groups in total. The van der Waals surface area contributed by atoms with Crippen molar-refractivity contribution in [3.63, 3.8) is 0 Å². The molecular formula is C15H23LiO. The fourth-order valence-electron chi connectivity index (χ4n) is 1.98. The topological polar surface area (TPSA) is 23.1 Å². The smallest absolute Gasteiger partial charge is 0.872 e. The predicted octanol–water partition coefficient (Wildman–Crippen LogP) is 1.06. The van der Waals surface area contributed by atoms with Crippen molar-refractivity contribution in [2.75, 3.05) is 0 Å². The number of aryl methyl sites for hydroxylation is 1. The van der Waals surface area contributed by atoms with Gasteiger partial charge in [-0.1, -0.05) is 75.3 Å². The SMILES string of the molecule is CCCCCCCCCc1ccccc1[O-].[Li+]. The van der Waals surface area contributed by atoms with Crippen LogP contribution < -0.4 is 24.0 Å². The van der Waals surface area contributed by atoms with Gasteiger partial charge < -0.3 is 5.11 Å². The summed E-state index contributed by atoms with van der Waals surface area (Å²) < 4.78 is 0. The summed E-state index contributed by atoms with van der Waals surface area (Å²) in [4.78, 5) is 0. The van der Waals surface area contributed by atoms with E-state index in [1.54, 1.807) is 6.07 Å². The Kier molecular flexibility index (Phi) is 10.5. The van der Waals surface area contributed by atoms with E-state index in [0.29, 0.717) is 0 Å². The van der Waals surface area contributed by atoms with Crippen molar-refractivity contribution in [2.45, 2.75) is 58.3 Å². The van der Waals surface area contributed by atoms with Crippen LogP contribution >= 0.6 is 0 Å². The molecule has 0 radical (unpaired) electrons. The summed E-state index contributed by atoms with van der Waals surface area (Å²) in [7, 11) is 0. The number of rotatable bonds is 8. The quantitative estimate of drug-likeness (QED) is 0.480. The van der Waals surface area contributed by atoms with E-state index in [1.807, 2.05) is 18.2 Å². The molecule has 0 aliphatic carbocycles. The van der Waals surface area contributed by atoms with Gasteiger partial charge in [-0.3, -0.25) is 0 Å². The second kappa shape index (κ2) is 10.8.